The lowest BCUT2D eigenvalue weighted by Gasteiger charge is -2.07. The molecule has 0 bridgehead atoms. The maximum Gasteiger partial charge on any atom is 0.387 e. The van der Waals surface area contributed by atoms with Crippen molar-refractivity contribution < 1.29 is 23.0 Å². The lowest BCUT2D eigenvalue weighted by atomic mass is 10.2. The molecule has 29 heavy (non-hydrogen) atoms. The molecule has 0 aliphatic heterocycles. The van der Waals surface area contributed by atoms with Crippen LogP contribution in [0.4, 0.5) is 8.78 Å². The Labute approximate surface area is 165 Å². The van der Waals surface area contributed by atoms with Gasteiger partial charge in [0.1, 0.15) is 17.3 Å². The van der Waals surface area contributed by atoms with Crippen molar-refractivity contribution in [1.29, 1.82) is 0 Å². The molecule has 1 amide bonds. The average molecular weight is 400 g/mol. The quantitative estimate of drug-likeness (QED) is 0.566. The topological polar surface area (TPSA) is 89.1 Å². The van der Waals surface area contributed by atoms with Crippen molar-refractivity contribution in [2.24, 2.45) is 0 Å². The Balaban J connectivity index is 1.57. The van der Waals surface area contributed by atoms with E-state index in [1.54, 1.807) is 37.4 Å². The third-order valence-corrected chi connectivity index (χ3v) is 3.86. The number of nitrogens with zero attached hydrogens (tertiary/aromatic N) is 2. The van der Waals surface area contributed by atoms with Crippen LogP contribution >= 0.6 is 0 Å². The zero-order chi connectivity index (χ0) is 20.6. The molecule has 150 valence electrons. The van der Waals surface area contributed by atoms with Gasteiger partial charge in [-0.15, -0.1) is 0 Å². The number of amides is 1. The first-order chi connectivity index (χ1) is 14.0. The zero-order valence-electron chi connectivity index (χ0n) is 15.4. The molecule has 0 aliphatic carbocycles. The van der Waals surface area contributed by atoms with E-state index in [-0.39, 0.29) is 12.3 Å². The van der Waals surface area contributed by atoms with Crippen LogP contribution in [0.2, 0.25) is 0 Å². The van der Waals surface area contributed by atoms with Crippen molar-refractivity contribution in [3.8, 4) is 22.9 Å². The fourth-order valence-electron chi connectivity index (χ4n) is 2.46. The third-order valence-electron chi connectivity index (χ3n) is 3.86. The van der Waals surface area contributed by atoms with Crippen molar-refractivity contribution in [3.63, 3.8) is 0 Å². The molecule has 0 fully saturated rings. The third kappa shape index (κ3) is 5.61. The van der Waals surface area contributed by atoms with Gasteiger partial charge in [0.2, 0.25) is 5.91 Å². The smallest absolute Gasteiger partial charge is 0.387 e. The number of alkyl halides is 2. The van der Waals surface area contributed by atoms with Gasteiger partial charge >= 0.3 is 6.61 Å². The van der Waals surface area contributed by atoms with Crippen LogP contribution in [-0.4, -0.2) is 34.8 Å². The number of H-pyrrole nitrogens is 1. The minimum Gasteiger partial charge on any atom is -0.497 e. The number of nitrogens with one attached hydrogen (secondary N) is 2. The molecule has 3 aromatic rings. The van der Waals surface area contributed by atoms with Crippen LogP contribution in [0, 0.1) is 0 Å². The summed E-state index contributed by atoms with van der Waals surface area (Å²) in [5.41, 5.74) is 1.17. The number of para-hydroxylation sites is 1. The molecule has 0 spiro atoms. The van der Waals surface area contributed by atoms with Crippen LogP contribution in [0.5, 0.6) is 11.5 Å². The molecule has 2 N–H and O–H groups in total. The SMILES string of the molecule is COc1ccc(-c2n[nH]c(CNC(=O)/C=C/c3ccccc3OC(F)F)n2)cc1. The first kappa shape index (κ1) is 20.0. The van der Waals surface area contributed by atoms with Crippen LogP contribution < -0.4 is 14.8 Å². The minimum absolute atomic E-state index is 0.00841. The lowest BCUT2D eigenvalue weighted by Crippen LogP contribution is -2.21. The van der Waals surface area contributed by atoms with E-state index in [0.717, 1.165) is 11.3 Å². The maximum absolute atomic E-state index is 12.4. The van der Waals surface area contributed by atoms with Crippen LogP contribution in [0.15, 0.2) is 54.6 Å². The van der Waals surface area contributed by atoms with Gasteiger partial charge in [0, 0.05) is 17.2 Å². The lowest BCUT2D eigenvalue weighted by molar-refractivity contribution is -0.116. The molecule has 1 heterocycles. The Kier molecular flexibility index (Phi) is 6.51. The largest absolute Gasteiger partial charge is 0.497 e. The molecule has 7 nitrogen and oxygen atoms in total. The van der Waals surface area contributed by atoms with Gasteiger partial charge in [-0.2, -0.15) is 13.9 Å². The highest BCUT2D eigenvalue weighted by atomic mass is 19.3. The van der Waals surface area contributed by atoms with Crippen LogP contribution in [0.3, 0.4) is 0 Å². The molecule has 0 radical (unpaired) electrons. The van der Waals surface area contributed by atoms with Crippen molar-refractivity contribution in [3.05, 3.63) is 66.0 Å². The van der Waals surface area contributed by atoms with E-state index in [0.29, 0.717) is 17.2 Å². The fraction of sp³-hybridized carbons (Fsp3) is 0.150. The minimum atomic E-state index is -2.94. The van der Waals surface area contributed by atoms with E-state index < -0.39 is 12.5 Å². The molecule has 0 aliphatic rings. The second-order valence-corrected chi connectivity index (χ2v) is 5.80. The van der Waals surface area contributed by atoms with Crippen LogP contribution in [0.1, 0.15) is 11.4 Å². The number of aromatic nitrogens is 3. The van der Waals surface area contributed by atoms with Gasteiger partial charge in [0.05, 0.1) is 13.7 Å². The van der Waals surface area contributed by atoms with Crippen molar-refractivity contribution in [2.45, 2.75) is 13.2 Å². The number of aromatic amines is 1. The molecule has 0 saturated carbocycles. The van der Waals surface area contributed by atoms with Gasteiger partial charge in [-0.05, 0) is 36.4 Å². The van der Waals surface area contributed by atoms with E-state index >= 15 is 0 Å². The van der Waals surface area contributed by atoms with E-state index in [1.165, 1.54) is 18.2 Å². The number of halogens is 2. The summed E-state index contributed by atoms with van der Waals surface area (Å²) >= 11 is 0. The number of rotatable bonds is 8. The second-order valence-electron chi connectivity index (χ2n) is 5.80. The normalized spacial score (nSPS) is 11.0. The van der Waals surface area contributed by atoms with Crippen molar-refractivity contribution in [2.75, 3.05) is 7.11 Å². The van der Waals surface area contributed by atoms with Crippen molar-refractivity contribution in [1.82, 2.24) is 20.5 Å². The molecule has 3 rings (SSSR count). The summed E-state index contributed by atoms with van der Waals surface area (Å²) in [6, 6.07) is 13.4. The Morgan fingerprint density at radius 2 is 1.97 bits per heavy atom. The predicted octanol–water partition coefficient (Wildman–Crippen LogP) is 3.41. The van der Waals surface area contributed by atoms with E-state index in [2.05, 4.69) is 25.2 Å². The van der Waals surface area contributed by atoms with E-state index in [4.69, 9.17) is 4.74 Å². The molecular formula is C20H18F2N4O3. The Bertz CT molecular complexity index is 987. The number of ether oxygens (including phenoxy) is 2. The number of methoxy groups -OCH3 is 1. The van der Waals surface area contributed by atoms with Crippen LogP contribution in [0.25, 0.3) is 17.5 Å². The zero-order valence-corrected chi connectivity index (χ0v) is 15.4. The monoisotopic (exact) mass is 400 g/mol. The highest BCUT2D eigenvalue weighted by Crippen LogP contribution is 2.21. The summed E-state index contributed by atoms with van der Waals surface area (Å²) in [5.74, 6) is 1.26. The predicted molar refractivity (Wildman–Crippen MR) is 102 cm³/mol. The fourth-order valence-corrected chi connectivity index (χ4v) is 2.46. The highest BCUT2D eigenvalue weighted by Gasteiger charge is 2.09. The Morgan fingerprint density at radius 3 is 2.69 bits per heavy atom. The van der Waals surface area contributed by atoms with E-state index in [9.17, 15) is 13.6 Å². The maximum atomic E-state index is 12.4. The second kappa shape index (κ2) is 9.45. The molecule has 0 atom stereocenters. The Hall–Kier alpha value is -3.75. The van der Waals surface area contributed by atoms with Gasteiger partial charge in [-0.3, -0.25) is 9.89 Å². The first-order valence-corrected chi connectivity index (χ1v) is 8.60. The standard InChI is InChI=1S/C20H18F2N4O3/c1-28-15-9-6-14(7-10-15)19-24-17(25-26-19)12-23-18(27)11-8-13-4-2-3-5-16(13)29-20(21)22/h2-11,20H,12H2,1H3,(H,23,27)(H,24,25,26)/b11-8+. The van der Waals surface area contributed by atoms with E-state index in [1.807, 2.05) is 12.1 Å². The summed E-state index contributed by atoms with van der Waals surface area (Å²) in [7, 11) is 1.58. The van der Waals surface area contributed by atoms with Gasteiger partial charge in [0.15, 0.2) is 5.82 Å². The number of benzene rings is 2. The first-order valence-electron chi connectivity index (χ1n) is 8.60. The Morgan fingerprint density at radius 1 is 1.21 bits per heavy atom. The van der Waals surface area contributed by atoms with Gasteiger partial charge in [-0.1, -0.05) is 18.2 Å². The number of hydrogen-bond donors (Lipinski definition) is 2. The summed E-state index contributed by atoms with van der Waals surface area (Å²) in [6.07, 6.45) is 2.63. The number of hydrogen-bond acceptors (Lipinski definition) is 5. The average Bonchev–Trinajstić information content (AvgIpc) is 3.20. The number of carbonyl (C=O) groups is 1. The summed E-state index contributed by atoms with van der Waals surface area (Å²) < 4.78 is 34.4. The summed E-state index contributed by atoms with van der Waals surface area (Å²) in [4.78, 5) is 16.3. The van der Waals surface area contributed by atoms with Crippen LogP contribution in [-0.2, 0) is 11.3 Å². The molecule has 0 unspecified atom stereocenters. The van der Waals surface area contributed by atoms with Gasteiger partial charge in [0.25, 0.3) is 0 Å². The molecule has 9 heteroatoms. The summed E-state index contributed by atoms with van der Waals surface area (Å²) in [6.45, 7) is -2.81. The molecular weight excluding hydrogens is 382 g/mol. The molecule has 2 aromatic carbocycles. The molecule has 1 aromatic heterocycles. The number of carbonyl (C=O) groups excluding carboxylic acids is 1. The highest BCUT2D eigenvalue weighted by molar-refractivity contribution is 5.92. The van der Waals surface area contributed by atoms with Gasteiger partial charge in [-0.25, -0.2) is 4.98 Å². The molecule has 0 saturated heterocycles. The van der Waals surface area contributed by atoms with Crippen molar-refractivity contribution >= 4 is 12.0 Å². The van der Waals surface area contributed by atoms with Gasteiger partial charge < -0.3 is 14.8 Å². The summed E-state index contributed by atoms with van der Waals surface area (Å²) in [5, 5.41) is 9.52.